The Labute approximate surface area is 172 Å². The summed E-state index contributed by atoms with van der Waals surface area (Å²) in [6, 6.07) is 13.6. The molecule has 1 atom stereocenters. The zero-order valence-electron chi connectivity index (χ0n) is 16.6. The molecule has 0 spiro atoms. The molecular weight excluding hydrogens is 384 g/mol. The van der Waals surface area contributed by atoms with E-state index < -0.39 is 5.91 Å². The SMILES string of the molecule is Cn1nc(C(=O)Nc2ccccc2C(=O)NC[C@@H]2CCCO2)c2ccccc2c1=O. The van der Waals surface area contributed by atoms with Gasteiger partial charge in [0.05, 0.1) is 22.7 Å². The third-order valence-corrected chi connectivity index (χ3v) is 5.11. The fraction of sp³-hybridized carbons (Fsp3) is 0.273. The maximum absolute atomic E-state index is 13.0. The number of carbonyl (C=O) groups excluding carboxylic acids is 2. The zero-order valence-corrected chi connectivity index (χ0v) is 16.6. The Morgan fingerprint density at radius 3 is 2.60 bits per heavy atom. The van der Waals surface area contributed by atoms with Crippen molar-refractivity contribution < 1.29 is 14.3 Å². The Kier molecular flexibility index (Phi) is 5.58. The molecule has 154 valence electrons. The Hall–Kier alpha value is -3.52. The highest BCUT2D eigenvalue weighted by molar-refractivity contribution is 6.13. The summed E-state index contributed by atoms with van der Waals surface area (Å²) in [6.45, 7) is 1.14. The first kappa shape index (κ1) is 19.8. The van der Waals surface area contributed by atoms with Crippen LogP contribution < -0.4 is 16.2 Å². The Bertz CT molecular complexity index is 1170. The van der Waals surface area contributed by atoms with Gasteiger partial charge in [-0.3, -0.25) is 14.4 Å². The summed E-state index contributed by atoms with van der Waals surface area (Å²) in [5.74, 6) is -0.791. The molecule has 0 bridgehead atoms. The van der Waals surface area contributed by atoms with Crippen LogP contribution in [0.3, 0.4) is 0 Å². The number of hydrogen-bond acceptors (Lipinski definition) is 5. The topological polar surface area (TPSA) is 102 Å². The number of carbonyl (C=O) groups is 2. The van der Waals surface area contributed by atoms with Gasteiger partial charge in [0.2, 0.25) is 0 Å². The summed E-state index contributed by atoms with van der Waals surface area (Å²) in [6.07, 6.45) is 1.94. The minimum Gasteiger partial charge on any atom is -0.376 e. The molecule has 0 saturated carbocycles. The second-order valence-electron chi connectivity index (χ2n) is 7.17. The largest absolute Gasteiger partial charge is 0.376 e. The van der Waals surface area contributed by atoms with E-state index in [1.165, 1.54) is 7.05 Å². The van der Waals surface area contributed by atoms with Crippen LogP contribution in [0.4, 0.5) is 5.69 Å². The number of hydrogen-bond donors (Lipinski definition) is 2. The van der Waals surface area contributed by atoms with Crippen molar-refractivity contribution in [3.63, 3.8) is 0 Å². The van der Waals surface area contributed by atoms with Gasteiger partial charge in [-0.05, 0) is 31.0 Å². The summed E-state index contributed by atoms with van der Waals surface area (Å²) >= 11 is 0. The van der Waals surface area contributed by atoms with E-state index in [0.717, 1.165) is 17.5 Å². The second-order valence-corrected chi connectivity index (χ2v) is 7.17. The van der Waals surface area contributed by atoms with Gasteiger partial charge >= 0.3 is 0 Å². The lowest BCUT2D eigenvalue weighted by Gasteiger charge is -2.14. The standard InChI is InChI=1S/C22H22N4O4/c1-26-22(29)16-9-3-2-8-15(16)19(25-26)21(28)24-18-11-5-4-10-17(18)20(27)23-13-14-7-6-12-30-14/h2-5,8-11,14H,6-7,12-13H2,1H3,(H,23,27)(H,24,28)/t14-/m0/s1. The van der Waals surface area contributed by atoms with Crippen LogP contribution in [-0.2, 0) is 11.8 Å². The van der Waals surface area contributed by atoms with Gasteiger partial charge in [-0.25, -0.2) is 4.68 Å². The van der Waals surface area contributed by atoms with Crippen LogP contribution in [0, 0.1) is 0 Å². The molecule has 4 rings (SSSR count). The monoisotopic (exact) mass is 406 g/mol. The van der Waals surface area contributed by atoms with Crippen molar-refractivity contribution in [2.75, 3.05) is 18.5 Å². The predicted octanol–water partition coefficient (Wildman–Crippen LogP) is 2.09. The van der Waals surface area contributed by atoms with E-state index in [0.29, 0.717) is 35.2 Å². The molecule has 2 N–H and O–H groups in total. The summed E-state index contributed by atoms with van der Waals surface area (Å²) in [5, 5.41) is 10.6. The normalized spacial score (nSPS) is 15.8. The van der Waals surface area contributed by atoms with Crippen LogP contribution in [0.25, 0.3) is 10.8 Å². The van der Waals surface area contributed by atoms with Gasteiger partial charge in [-0.2, -0.15) is 5.10 Å². The first-order valence-corrected chi connectivity index (χ1v) is 9.81. The molecule has 1 saturated heterocycles. The summed E-state index contributed by atoms with van der Waals surface area (Å²) in [4.78, 5) is 38.0. The van der Waals surface area contributed by atoms with Gasteiger partial charge < -0.3 is 15.4 Å². The lowest BCUT2D eigenvalue weighted by atomic mass is 10.1. The zero-order chi connectivity index (χ0) is 21.1. The molecular formula is C22H22N4O4. The average molecular weight is 406 g/mol. The van der Waals surface area contributed by atoms with Gasteiger partial charge in [0.1, 0.15) is 0 Å². The van der Waals surface area contributed by atoms with E-state index in [1.807, 2.05) is 0 Å². The van der Waals surface area contributed by atoms with Crippen LogP contribution in [0.15, 0.2) is 53.3 Å². The quantitative estimate of drug-likeness (QED) is 0.676. The number of nitrogens with one attached hydrogen (secondary N) is 2. The number of rotatable bonds is 5. The molecule has 1 aromatic heterocycles. The van der Waals surface area contributed by atoms with Crippen molar-refractivity contribution in [3.05, 3.63) is 70.1 Å². The van der Waals surface area contributed by atoms with E-state index in [-0.39, 0.29) is 23.3 Å². The number of aromatic nitrogens is 2. The van der Waals surface area contributed by atoms with Crippen LogP contribution >= 0.6 is 0 Å². The second kappa shape index (κ2) is 8.46. The van der Waals surface area contributed by atoms with Gasteiger partial charge in [-0.15, -0.1) is 0 Å². The molecule has 1 aliphatic rings. The van der Waals surface area contributed by atoms with Crippen molar-refractivity contribution in [2.45, 2.75) is 18.9 Å². The average Bonchev–Trinajstić information content (AvgIpc) is 3.28. The van der Waals surface area contributed by atoms with E-state index in [1.54, 1.807) is 48.5 Å². The van der Waals surface area contributed by atoms with Crippen LogP contribution in [0.2, 0.25) is 0 Å². The van der Waals surface area contributed by atoms with Gasteiger partial charge in [0.15, 0.2) is 5.69 Å². The highest BCUT2D eigenvalue weighted by Crippen LogP contribution is 2.19. The number of nitrogens with zero attached hydrogens (tertiary/aromatic N) is 2. The predicted molar refractivity (Wildman–Crippen MR) is 113 cm³/mol. The first-order valence-electron chi connectivity index (χ1n) is 9.81. The number of amides is 2. The number of para-hydroxylation sites is 1. The van der Waals surface area contributed by atoms with E-state index in [2.05, 4.69) is 15.7 Å². The Morgan fingerprint density at radius 1 is 1.10 bits per heavy atom. The van der Waals surface area contributed by atoms with Gasteiger partial charge in [0, 0.05) is 25.6 Å². The van der Waals surface area contributed by atoms with E-state index in [9.17, 15) is 14.4 Å². The fourth-order valence-electron chi connectivity index (χ4n) is 3.55. The molecule has 0 unspecified atom stereocenters. The molecule has 2 aromatic carbocycles. The van der Waals surface area contributed by atoms with Crippen molar-refractivity contribution in [1.82, 2.24) is 15.1 Å². The van der Waals surface area contributed by atoms with Crippen molar-refractivity contribution in [3.8, 4) is 0 Å². The molecule has 1 fully saturated rings. The molecule has 0 radical (unpaired) electrons. The number of ether oxygens (including phenoxy) is 1. The van der Waals surface area contributed by atoms with Gasteiger partial charge in [-0.1, -0.05) is 30.3 Å². The van der Waals surface area contributed by atoms with Crippen molar-refractivity contribution >= 4 is 28.3 Å². The van der Waals surface area contributed by atoms with E-state index in [4.69, 9.17) is 4.74 Å². The summed E-state index contributed by atoms with van der Waals surface area (Å²) in [5.41, 5.74) is 0.545. The summed E-state index contributed by atoms with van der Waals surface area (Å²) in [7, 11) is 1.50. The summed E-state index contributed by atoms with van der Waals surface area (Å²) < 4.78 is 6.67. The number of fused-ring (bicyclic) bond motifs is 1. The van der Waals surface area contributed by atoms with Crippen LogP contribution in [0.5, 0.6) is 0 Å². The lowest BCUT2D eigenvalue weighted by molar-refractivity contribution is 0.0858. The number of benzene rings is 2. The lowest BCUT2D eigenvalue weighted by Crippen LogP contribution is -2.32. The number of anilines is 1. The minimum atomic E-state index is -0.499. The van der Waals surface area contributed by atoms with E-state index >= 15 is 0 Å². The molecule has 8 heteroatoms. The molecule has 30 heavy (non-hydrogen) atoms. The smallest absolute Gasteiger partial charge is 0.276 e. The van der Waals surface area contributed by atoms with Crippen LogP contribution in [-0.4, -0.2) is 40.9 Å². The fourth-order valence-corrected chi connectivity index (χ4v) is 3.55. The molecule has 0 aliphatic carbocycles. The van der Waals surface area contributed by atoms with Crippen LogP contribution in [0.1, 0.15) is 33.7 Å². The van der Waals surface area contributed by atoms with Crippen molar-refractivity contribution in [1.29, 1.82) is 0 Å². The maximum Gasteiger partial charge on any atom is 0.276 e. The maximum atomic E-state index is 13.0. The van der Waals surface area contributed by atoms with Gasteiger partial charge in [0.25, 0.3) is 17.4 Å². The third kappa shape index (κ3) is 3.95. The molecule has 3 aromatic rings. The molecule has 2 heterocycles. The Morgan fingerprint density at radius 2 is 1.83 bits per heavy atom. The molecule has 1 aliphatic heterocycles. The molecule has 8 nitrogen and oxygen atoms in total. The van der Waals surface area contributed by atoms with Crippen molar-refractivity contribution in [2.24, 2.45) is 7.05 Å². The third-order valence-electron chi connectivity index (χ3n) is 5.11. The molecule has 2 amide bonds. The highest BCUT2D eigenvalue weighted by atomic mass is 16.5. The Balaban J connectivity index is 1.59. The number of aryl methyl sites for hydroxylation is 1. The first-order chi connectivity index (χ1) is 14.5. The highest BCUT2D eigenvalue weighted by Gasteiger charge is 2.20. The minimum absolute atomic E-state index is 0.0249.